The number of amides is 2. The number of nitrogens with one attached hydrogen (secondary N) is 1. The van der Waals surface area contributed by atoms with Crippen LogP contribution in [0.15, 0.2) is 77.7 Å². The Hall–Kier alpha value is -3.27. The minimum Gasteiger partial charge on any atom is -0.495 e. The molecule has 41 heavy (non-hydrogen) atoms. The molecule has 0 spiro atoms. The predicted octanol–water partition coefficient (Wildman–Crippen LogP) is 5.92. The van der Waals surface area contributed by atoms with E-state index in [1.54, 1.807) is 49.4 Å². The Morgan fingerprint density at radius 2 is 1.59 bits per heavy atom. The van der Waals surface area contributed by atoms with Gasteiger partial charge in [0.25, 0.3) is 10.0 Å². The van der Waals surface area contributed by atoms with Crippen molar-refractivity contribution in [1.82, 2.24) is 10.2 Å². The van der Waals surface area contributed by atoms with Gasteiger partial charge in [0.1, 0.15) is 18.3 Å². The summed E-state index contributed by atoms with van der Waals surface area (Å²) >= 11 is 12.8. The van der Waals surface area contributed by atoms with Crippen molar-refractivity contribution in [2.75, 3.05) is 18.0 Å². The minimum atomic E-state index is -4.22. The van der Waals surface area contributed by atoms with Crippen LogP contribution in [-0.4, -0.2) is 50.9 Å². The van der Waals surface area contributed by atoms with Crippen molar-refractivity contribution in [3.63, 3.8) is 0 Å². The quantitative estimate of drug-likeness (QED) is 0.256. The topological polar surface area (TPSA) is 96.0 Å². The molecule has 0 fully saturated rings. The number of sulfonamides is 1. The standard InChI is InChI=1S/C30H35Cl2N3O5S/c1-5-21(3)33-30(37)27(6-2)34(19-22-12-10-11-15-25(22)31)29(36)20-35(23-16-17-28(40-4)26(32)18-23)41(38,39)24-13-8-7-9-14-24/h7-18,21,27H,5-6,19-20H2,1-4H3,(H,33,37)/t21-,27-/m0/s1. The van der Waals surface area contributed by atoms with E-state index in [1.165, 1.54) is 42.3 Å². The van der Waals surface area contributed by atoms with E-state index in [4.69, 9.17) is 27.9 Å². The Labute approximate surface area is 252 Å². The molecule has 0 heterocycles. The highest BCUT2D eigenvalue weighted by Gasteiger charge is 2.34. The van der Waals surface area contributed by atoms with Crippen LogP contribution in [0.3, 0.4) is 0 Å². The van der Waals surface area contributed by atoms with E-state index in [2.05, 4.69) is 5.32 Å². The summed E-state index contributed by atoms with van der Waals surface area (Å²) in [6, 6.07) is 18.3. The summed E-state index contributed by atoms with van der Waals surface area (Å²) < 4.78 is 34.0. The number of benzene rings is 3. The summed E-state index contributed by atoms with van der Waals surface area (Å²) in [5.74, 6) is -0.554. The van der Waals surface area contributed by atoms with Gasteiger partial charge in [-0.05, 0) is 61.7 Å². The smallest absolute Gasteiger partial charge is 0.264 e. The number of anilines is 1. The van der Waals surface area contributed by atoms with E-state index in [-0.39, 0.29) is 34.1 Å². The average molecular weight is 621 g/mol. The lowest BCUT2D eigenvalue weighted by Gasteiger charge is -2.34. The van der Waals surface area contributed by atoms with Crippen molar-refractivity contribution in [3.8, 4) is 5.75 Å². The molecule has 220 valence electrons. The second-order valence-corrected chi connectivity index (χ2v) is 12.2. The predicted molar refractivity (Wildman–Crippen MR) is 163 cm³/mol. The summed E-state index contributed by atoms with van der Waals surface area (Å²) in [7, 11) is -2.77. The van der Waals surface area contributed by atoms with E-state index in [1.807, 2.05) is 13.8 Å². The number of hydrogen-bond donors (Lipinski definition) is 1. The van der Waals surface area contributed by atoms with E-state index in [0.717, 1.165) is 4.31 Å². The molecule has 3 aromatic carbocycles. The van der Waals surface area contributed by atoms with Gasteiger partial charge in [-0.3, -0.25) is 13.9 Å². The molecule has 8 nitrogen and oxygen atoms in total. The molecule has 0 aromatic heterocycles. The Kier molecular flexibility index (Phi) is 11.5. The summed E-state index contributed by atoms with van der Waals surface area (Å²) in [6.07, 6.45) is 1.01. The fraction of sp³-hybridized carbons (Fsp3) is 0.333. The first-order valence-electron chi connectivity index (χ1n) is 13.3. The van der Waals surface area contributed by atoms with E-state index in [0.29, 0.717) is 29.2 Å². The third-order valence-corrected chi connectivity index (χ3v) is 9.17. The van der Waals surface area contributed by atoms with E-state index < -0.39 is 28.5 Å². The number of ether oxygens (including phenoxy) is 1. The number of methoxy groups -OCH3 is 1. The maximum Gasteiger partial charge on any atom is 0.264 e. The highest BCUT2D eigenvalue weighted by Crippen LogP contribution is 2.32. The number of rotatable bonds is 13. The van der Waals surface area contributed by atoms with Crippen molar-refractivity contribution in [1.29, 1.82) is 0 Å². The molecule has 0 radical (unpaired) electrons. The molecule has 3 rings (SSSR count). The fourth-order valence-electron chi connectivity index (χ4n) is 4.23. The molecule has 2 atom stereocenters. The summed E-state index contributed by atoms with van der Waals surface area (Å²) in [6.45, 7) is 5.05. The third kappa shape index (κ3) is 7.93. The SMILES string of the molecule is CC[C@H](C)NC(=O)[C@H](CC)N(Cc1ccccc1Cl)C(=O)CN(c1ccc(OC)c(Cl)c1)S(=O)(=O)c1ccccc1. The van der Waals surface area contributed by atoms with Crippen molar-refractivity contribution in [3.05, 3.63) is 88.4 Å². The van der Waals surface area contributed by atoms with E-state index in [9.17, 15) is 18.0 Å². The van der Waals surface area contributed by atoms with Gasteiger partial charge in [0.2, 0.25) is 11.8 Å². The van der Waals surface area contributed by atoms with Gasteiger partial charge in [0.05, 0.1) is 22.7 Å². The Morgan fingerprint density at radius 1 is 0.927 bits per heavy atom. The fourth-order valence-corrected chi connectivity index (χ4v) is 6.10. The molecule has 0 aliphatic rings. The second kappa shape index (κ2) is 14.6. The zero-order chi connectivity index (χ0) is 30.2. The number of carbonyl (C=O) groups excluding carboxylic acids is 2. The molecular formula is C30H35Cl2N3O5S. The molecule has 0 aliphatic heterocycles. The molecule has 0 saturated heterocycles. The van der Waals surface area contributed by atoms with Gasteiger partial charge in [-0.1, -0.05) is 73.4 Å². The number of halogens is 2. The van der Waals surface area contributed by atoms with Crippen molar-refractivity contribution in [2.24, 2.45) is 0 Å². The van der Waals surface area contributed by atoms with Gasteiger partial charge in [-0.25, -0.2) is 8.42 Å². The largest absolute Gasteiger partial charge is 0.495 e. The van der Waals surface area contributed by atoms with Gasteiger partial charge < -0.3 is 15.0 Å². The molecule has 1 N–H and O–H groups in total. The van der Waals surface area contributed by atoms with Gasteiger partial charge in [0, 0.05) is 17.6 Å². The summed E-state index contributed by atoms with van der Waals surface area (Å²) in [4.78, 5) is 28.9. The van der Waals surface area contributed by atoms with E-state index >= 15 is 0 Å². The van der Waals surface area contributed by atoms with Crippen LogP contribution in [0, 0.1) is 0 Å². The van der Waals surface area contributed by atoms with Gasteiger partial charge in [-0.2, -0.15) is 0 Å². The summed E-state index contributed by atoms with van der Waals surface area (Å²) in [5, 5.41) is 3.56. The maximum atomic E-state index is 14.1. The lowest BCUT2D eigenvalue weighted by molar-refractivity contribution is -0.140. The second-order valence-electron chi connectivity index (χ2n) is 9.50. The number of hydrogen-bond acceptors (Lipinski definition) is 5. The van der Waals surface area contributed by atoms with Crippen LogP contribution in [0.1, 0.15) is 39.2 Å². The monoisotopic (exact) mass is 619 g/mol. The maximum absolute atomic E-state index is 14.1. The van der Waals surface area contributed by atoms with Crippen molar-refractivity contribution < 1.29 is 22.7 Å². The summed E-state index contributed by atoms with van der Waals surface area (Å²) in [5.41, 5.74) is 0.796. The van der Waals surface area contributed by atoms with Crippen molar-refractivity contribution in [2.45, 2.75) is 57.1 Å². The minimum absolute atomic E-state index is 0.000973. The Balaban J connectivity index is 2.09. The molecule has 0 aliphatic carbocycles. The average Bonchev–Trinajstić information content (AvgIpc) is 2.96. The highest BCUT2D eigenvalue weighted by molar-refractivity contribution is 7.92. The Morgan fingerprint density at radius 3 is 2.17 bits per heavy atom. The molecule has 11 heteroatoms. The Bertz CT molecular complexity index is 1450. The lowest BCUT2D eigenvalue weighted by atomic mass is 10.1. The first-order valence-corrected chi connectivity index (χ1v) is 15.5. The van der Waals surface area contributed by atoms with Crippen LogP contribution >= 0.6 is 23.2 Å². The lowest BCUT2D eigenvalue weighted by Crippen LogP contribution is -2.53. The van der Waals surface area contributed by atoms with Crippen LogP contribution in [0.5, 0.6) is 5.75 Å². The van der Waals surface area contributed by atoms with Gasteiger partial charge in [-0.15, -0.1) is 0 Å². The molecule has 2 amide bonds. The van der Waals surface area contributed by atoms with Crippen LogP contribution in [-0.2, 0) is 26.2 Å². The van der Waals surface area contributed by atoms with Crippen LogP contribution in [0.4, 0.5) is 5.69 Å². The zero-order valence-corrected chi connectivity index (χ0v) is 25.8. The van der Waals surface area contributed by atoms with Crippen LogP contribution in [0.25, 0.3) is 0 Å². The van der Waals surface area contributed by atoms with Crippen LogP contribution < -0.4 is 14.4 Å². The van der Waals surface area contributed by atoms with Crippen molar-refractivity contribution >= 4 is 50.7 Å². The van der Waals surface area contributed by atoms with Gasteiger partial charge in [0.15, 0.2) is 0 Å². The van der Waals surface area contributed by atoms with Crippen LogP contribution in [0.2, 0.25) is 10.0 Å². The highest BCUT2D eigenvalue weighted by atomic mass is 35.5. The third-order valence-electron chi connectivity index (χ3n) is 6.72. The number of nitrogens with zero attached hydrogens (tertiary/aromatic N) is 2. The normalized spacial score (nSPS) is 12.7. The molecule has 0 unspecified atom stereocenters. The zero-order valence-electron chi connectivity index (χ0n) is 23.5. The molecular weight excluding hydrogens is 585 g/mol. The molecule has 3 aromatic rings. The molecule has 0 saturated carbocycles. The first kappa shape index (κ1) is 32.2. The molecule has 0 bridgehead atoms. The van der Waals surface area contributed by atoms with Gasteiger partial charge >= 0.3 is 0 Å². The first-order chi connectivity index (χ1) is 19.5. The number of carbonyl (C=O) groups is 2.